The molecule has 0 saturated heterocycles. The molecule has 9 heteroatoms. The summed E-state index contributed by atoms with van der Waals surface area (Å²) in [7, 11) is 1.39. The van der Waals surface area contributed by atoms with Crippen LogP contribution in [0.1, 0.15) is 6.92 Å². The first-order chi connectivity index (χ1) is 8.93. The van der Waals surface area contributed by atoms with Gasteiger partial charge in [-0.3, -0.25) is 14.6 Å². The van der Waals surface area contributed by atoms with E-state index in [0.717, 1.165) is 0 Å². The fourth-order valence-electron chi connectivity index (χ4n) is 1.85. The van der Waals surface area contributed by atoms with Crippen LogP contribution in [0.25, 0.3) is 0 Å². The number of nitrogens with zero attached hydrogens (tertiary/aromatic N) is 1. The van der Waals surface area contributed by atoms with Crippen molar-refractivity contribution in [2.24, 2.45) is 0 Å². The van der Waals surface area contributed by atoms with Gasteiger partial charge < -0.3 is 26.2 Å². The van der Waals surface area contributed by atoms with Gasteiger partial charge in [0.05, 0.1) is 0 Å². The summed E-state index contributed by atoms with van der Waals surface area (Å²) in [6.07, 6.45) is -1.94. The summed E-state index contributed by atoms with van der Waals surface area (Å²) in [5.41, 5.74) is 5.01. The maximum Gasteiger partial charge on any atom is 0.277 e. The Morgan fingerprint density at radius 3 is 2.79 bits per heavy atom. The number of carbonyl (C=O) groups is 1. The fourth-order valence-corrected chi connectivity index (χ4v) is 1.85. The zero-order valence-corrected chi connectivity index (χ0v) is 10.4. The van der Waals surface area contributed by atoms with Crippen molar-refractivity contribution in [1.82, 2.24) is 9.97 Å². The Kier molecular flexibility index (Phi) is 3.40. The summed E-state index contributed by atoms with van der Waals surface area (Å²) in [4.78, 5) is 29.8. The lowest BCUT2D eigenvalue weighted by molar-refractivity contribution is -0.129. The number of carbonyl (C=O) groups excluding carboxylic acids is 1. The number of ketones is 1. The number of nitrogen functional groups attached to an aromatic ring is 1. The van der Waals surface area contributed by atoms with Crippen molar-refractivity contribution in [3.63, 3.8) is 0 Å². The van der Waals surface area contributed by atoms with Gasteiger partial charge in [0.15, 0.2) is 17.8 Å². The van der Waals surface area contributed by atoms with Crippen LogP contribution in [0.4, 0.5) is 17.5 Å². The molecular formula is C10H15N5O4. The molecule has 0 spiro atoms. The predicted molar refractivity (Wildman–Crippen MR) is 67.8 cm³/mol. The van der Waals surface area contributed by atoms with Gasteiger partial charge in [-0.2, -0.15) is 4.98 Å². The van der Waals surface area contributed by atoms with Crippen LogP contribution in [0, 0.1) is 0 Å². The Balaban J connectivity index is 2.41. The zero-order valence-electron chi connectivity index (χ0n) is 10.4. The molecule has 6 N–H and O–H groups in total. The molecule has 9 nitrogen and oxygen atoms in total. The number of ether oxygens (including phenoxy) is 1. The average molecular weight is 269 g/mol. The van der Waals surface area contributed by atoms with Crippen molar-refractivity contribution < 1.29 is 14.6 Å². The third-order valence-corrected chi connectivity index (χ3v) is 2.79. The summed E-state index contributed by atoms with van der Waals surface area (Å²) in [5.74, 6) is -0.350. The molecule has 104 valence electrons. The number of H-pyrrole nitrogens is 1. The molecule has 2 rings (SSSR count). The lowest BCUT2D eigenvalue weighted by Crippen LogP contribution is -2.53. The topological polar surface area (TPSA) is 142 Å². The van der Waals surface area contributed by atoms with Crippen LogP contribution in [0.15, 0.2) is 4.79 Å². The van der Waals surface area contributed by atoms with Crippen molar-refractivity contribution in [1.29, 1.82) is 0 Å². The smallest absolute Gasteiger partial charge is 0.277 e. The minimum absolute atomic E-state index is 0.0480. The summed E-state index contributed by atoms with van der Waals surface area (Å²) in [6, 6.07) is -0.899. The van der Waals surface area contributed by atoms with Gasteiger partial charge >= 0.3 is 0 Å². The van der Waals surface area contributed by atoms with Gasteiger partial charge in [0.25, 0.3) is 5.56 Å². The molecule has 19 heavy (non-hydrogen) atoms. The van der Waals surface area contributed by atoms with Crippen molar-refractivity contribution >= 4 is 23.2 Å². The monoisotopic (exact) mass is 269 g/mol. The molecule has 2 heterocycles. The normalized spacial score (nSPS) is 22.9. The van der Waals surface area contributed by atoms with Gasteiger partial charge in [-0.05, 0) is 6.92 Å². The van der Waals surface area contributed by atoms with Gasteiger partial charge in [-0.15, -0.1) is 0 Å². The molecule has 1 aromatic heterocycles. The van der Waals surface area contributed by atoms with Crippen LogP contribution in [0.2, 0.25) is 0 Å². The van der Waals surface area contributed by atoms with E-state index in [-0.39, 0.29) is 17.5 Å². The Hall–Kier alpha value is -2.13. The first kappa shape index (κ1) is 13.3. The van der Waals surface area contributed by atoms with E-state index in [1.807, 2.05) is 0 Å². The van der Waals surface area contributed by atoms with Gasteiger partial charge in [0.2, 0.25) is 5.95 Å². The van der Waals surface area contributed by atoms with Gasteiger partial charge in [-0.1, -0.05) is 0 Å². The largest absolute Gasteiger partial charge is 0.386 e. The molecular weight excluding hydrogens is 254 g/mol. The quantitative estimate of drug-likeness (QED) is 0.445. The second kappa shape index (κ2) is 4.86. The Morgan fingerprint density at radius 1 is 1.53 bits per heavy atom. The van der Waals surface area contributed by atoms with E-state index in [0.29, 0.717) is 0 Å². The average Bonchev–Trinajstić information content (AvgIpc) is 2.36. The van der Waals surface area contributed by atoms with Crippen LogP contribution in [0.3, 0.4) is 0 Å². The molecule has 0 radical (unpaired) electrons. The number of aromatic amines is 1. The van der Waals surface area contributed by atoms with Gasteiger partial charge in [-0.25, -0.2) is 0 Å². The number of aliphatic hydroxyl groups is 1. The van der Waals surface area contributed by atoms with E-state index < -0.39 is 29.7 Å². The van der Waals surface area contributed by atoms with Crippen LogP contribution in [-0.4, -0.2) is 46.3 Å². The van der Waals surface area contributed by atoms with Crippen LogP contribution >= 0.6 is 0 Å². The molecule has 0 amide bonds. The molecule has 0 bridgehead atoms. The van der Waals surface area contributed by atoms with Crippen molar-refractivity contribution in [2.75, 3.05) is 23.5 Å². The second-order valence-electron chi connectivity index (χ2n) is 4.18. The fraction of sp³-hybridized carbons (Fsp3) is 0.500. The third-order valence-electron chi connectivity index (χ3n) is 2.79. The lowest BCUT2D eigenvalue weighted by atomic mass is 10.0. The summed E-state index contributed by atoms with van der Waals surface area (Å²) in [6.45, 7) is 1.34. The second-order valence-corrected chi connectivity index (χ2v) is 4.18. The molecule has 3 atom stereocenters. The zero-order chi connectivity index (χ0) is 14.2. The number of aliphatic hydroxyl groups excluding tert-OH is 1. The lowest BCUT2D eigenvalue weighted by Gasteiger charge is -2.33. The number of rotatable bonds is 3. The summed E-state index contributed by atoms with van der Waals surface area (Å²) in [5, 5.41) is 14.9. The highest BCUT2D eigenvalue weighted by molar-refractivity contribution is 5.92. The molecule has 1 aromatic rings. The number of methoxy groups -OCH3 is 1. The van der Waals surface area contributed by atoms with Gasteiger partial charge in [0, 0.05) is 7.11 Å². The van der Waals surface area contributed by atoms with Crippen LogP contribution < -0.4 is 21.9 Å². The number of fused-ring (bicyclic) bond motifs is 1. The minimum Gasteiger partial charge on any atom is -0.386 e. The Morgan fingerprint density at radius 2 is 2.21 bits per heavy atom. The number of anilines is 3. The Labute approximate surface area is 108 Å². The van der Waals surface area contributed by atoms with Crippen LogP contribution in [-0.2, 0) is 9.53 Å². The first-order valence-corrected chi connectivity index (χ1v) is 5.61. The standard InChI is InChI=1S/C10H15N5O4/c1-3(16)6(17)4-9(19-2)13-7-5(12-4)8(18)15-10(11)14-7/h3-4,9,12,16H,1-2H3,(H4,11,13,14,15,18). The van der Waals surface area contributed by atoms with Gasteiger partial charge in [0.1, 0.15) is 17.8 Å². The highest BCUT2D eigenvalue weighted by atomic mass is 16.5. The van der Waals surface area contributed by atoms with Crippen molar-refractivity contribution in [3.05, 3.63) is 10.4 Å². The number of aromatic nitrogens is 2. The van der Waals surface area contributed by atoms with Crippen molar-refractivity contribution in [2.45, 2.75) is 25.3 Å². The van der Waals surface area contributed by atoms with E-state index in [4.69, 9.17) is 10.5 Å². The molecule has 0 aliphatic carbocycles. The highest BCUT2D eigenvalue weighted by Crippen LogP contribution is 2.24. The minimum atomic E-state index is -1.18. The molecule has 1 aliphatic heterocycles. The maximum absolute atomic E-state index is 11.9. The number of hydrogen-bond donors (Lipinski definition) is 5. The maximum atomic E-state index is 11.9. The first-order valence-electron chi connectivity index (χ1n) is 5.61. The van der Waals surface area contributed by atoms with E-state index in [1.165, 1.54) is 14.0 Å². The SMILES string of the molecule is COC1Nc2nc(N)[nH]c(=O)c2NC1C(=O)C(C)O. The molecule has 0 aromatic carbocycles. The molecule has 1 aliphatic rings. The highest BCUT2D eigenvalue weighted by Gasteiger charge is 2.36. The number of nitrogens with one attached hydrogen (secondary N) is 3. The number of nitrogens with two attached hydrogens (primary N) is 1. The number of Topliss-reactive ketones (excluding diaryl/α,β-unsaturated/α-hetero) is 1. The predicted octanol–water partition coefficient (Wildman–Crippen LogP) is -1.52. The number of hydrogen-bond acceptors (Lipinski definition) is 8. The van der Waals surface area contributed by atoms with E-state index in [9.17, 15) is 14.7 Å². The summed E-state index contributed by atoms with van der Waals surface area (Å²) >= 11 is 0. The van der Waals surface area contributed by atoms with E-state index >= 15 is 0 Å². The van der Waals surface area contributed by atoms with E-state index in [2.05, 4.69) is 20.6 Å². The Bertz CT molecular complexity index is 555. The van der Waals surface area contributed by atoms with Crippen LogP contribution in [0.5, 0.6) is 0 Å². The van der Waals surface area contributed by atoms with Crippen molar-refractivity contribution in [3.8, 4) is 0 Å². The van der Waals surface area contributed by atoms with E-state index in [1.54, 1.807) is 0 Å². The molecule has 3 unspecified atom stereocenters. The molecule has 0 saturated carbocycles. The summed E-state index contributed by atoms with van der Waals surface area (Å²) < 4.78 is 5.11. The molecule has 0 fully saturated rings. The third kappa shape index (κ3) is 2.37.